The average molecular weight is 572 g/mol. The van der Waals surface area contributed by atoms with Crippen molar-refractivity contribution < 1.29 is 23.9 Å². The van der Waals surface area contributed by atoms with Gasteiger partial charge in [-0.15, -0.1) is 21.5 Å². The first-order valence-electron chi connectivity index (χ1n) is 13.1. The number of amides is 2. The number of aryl methyl sites for hydroxylation is 1. The van der Waals surface area contributed by atoms with Crippen molar-refractivity contribution in [2.75, 3.05) is 24.3 Å². The first-order chi connectivity index (χ1) is 19.0. The Kier molecular flexibility index (Phi) is 10.4. The second kappa shape index (κ2) is 14.1. The number of carbonyl (C=O) groups is 3. The summed E-state index contributed by atoms with van der Waals surface area (Å²) in [6, 6.07) is 9.14. The average Bonchev–Trinajstić information content (AvgIpc) is 3.63. The molecule has 2 N–H and O–H groups in total. The minimum atomic E-state index is -0.389. The predicted octanol–water partition coefficient (Wildman–Crippen LogP) is 4.23. The van der Waals surface area contributed by atoms with Gasteiger partial charge in [0.1, 0.15) is 10.8 Å². The Balaban J connectivity index is 1.35. The van der Waals surface area contributed by atoms with Gasteiger partial charge in [-0.1, -0.05) is 43.3 Å². The monoisotopic (exact) mass is 571 g/mol. The number of benzene rings is 1. The number of esters is 1. The number of carbonyl (C=O) groups excluding carboxylic acids is 3. The lowest BCUT2D eigenvalue weighted by molar-refractivity contribution is -0.123. The van der Waals surface area contributed by atoms with E-state index in [4.69, 9.17) is 9.47 Å². The van der Waals surface area contributed by atoms with Crippen LogP contribution in [0.25, 0.3) is 0 Å². The third kappa shape index (κ3) is 7.60. The number of nitrogens with one attached hydrogen (secondary N) is 2. The van der Waals surface area contributed by atoms with Gasteiger partial charge in [-0.05, 0) is 50.3 Å². The number of anilines is 1. The number of hydrogen-bond donors (Lipinski definition) is 2. The Bertz CT molecular complexity index is 1290. The Hall–Kier alpha value is -3.38. The first kappa shape index (κ1) is 28.6. The molecular formula is C27H33N5O5S2. The van der Waals surface area contributed by atoms with Crippen LogP contribution >= 0.6 is 23.1 Å². The van der Waals surface area contributed by atoms with Crippen molar-refractivity contribution in [1.29, 1.82) is 0 Å². The van der Waals surface area contributed by atoms with E-state index in [9.17, 15) is 14.4 Å². The summed E-state index contributed by atoms with van der Waals surface area (Å²) in [6.07, 6.45) is 4.62. The number of thiophene rings is 1. The molecule has 0 bridgehead atoms. The molecule has 39 heavy (non-hydrogen) atoms. The quantitative estimate of drug-likeness (QED) is 0.218. The van der Waals surface area contributed by atoms with E-state index in [1.54, 1.807) is 19.1 Å². The number of ether oxygens (including phenoxy) is 2. The zero-order chi connectivity index (χ0) is 27.6. The summed E-state index contributed by atoms with van der Waals surface area (Å²) >= 11 is 2.73. The predicted molar refractivity (Wildman–Crippen MR) is 150 cm³/mol. The van der Waals surface area contributed by atoms with Crippen LogP contribution in [0.15, 0.2) is 35.5 Å². The number of para-hydroxylation sites is 1. The number of rotatable bonds is 14. The first-order valence-corrected chi connectivity index (χ1v) is 14.9. The van der Waals surface area contributed by atoms with Gasteiger partial charge in [0.2, 0.25) is 5.91 Å². The van der Waals surface area contributed by atoms with E-state index in [-0.39, 0.29) is 43.3 Å². The Morgan fingerprint density at radius 3 is 2.69 bits per heavy atom. The third-order valence-electron chi connectivity index (χ3n) is 6.07. The molecule has 0 spiro atoms. The fraction of sp³-hybridized carbons (Fsp3) is 0.444. The Morgan fingerprint density at radius 2 is 1.92 bits per heavy atom. The summed E-state index contributed by atoms with van der Waals surface area (Å²) < 4.78 is 12.7. The summed E-state index contributed by atoms with van der Waals surface area (Å²) in [5.74, 6) is 0.448. The van der Waals surface area contributed by atoms with Crippen LogP contribution in [0.5, 0.6) is 5.75 Å². The highest BCUT2D eigenvalue weighted by Crippen LogP contribution is 2.39. The van der Waals surface area contributed by atoms with E-state index in [1.807, 2.05) is 22.8 Å². The lowest BCUT2D eigenvalue weighted by Gasteiger charge is -2.11. The molecule has 3 aromatic rings. The van der Waals surface area contributed by atoms with Crippen LogP contribution in [0.1, 0.15) is 59.7 Å². The lowest BCUT2D eigenvalue weighted by Crippen LogP contribution is -2.29. The lowest BCUT2D eigenvalue weighted by atomic mass is 10.1. The second-order valence-electron chi connectivity index (χ2n) is 8.90. The summed E-state index contributed by atoms with van der Waals surface area (Å²) in [4.78, 5) is 38.9. The summed E-state index contributed by atoms with van der Waals surface area (Å²) in [6.45, 7) is 4.91. The van der Waals surface area contributed by atoms with Gasteiger partial charge in [0.15, 0.2) is 17.6 Å². The van der Waals surface area contributed by atoms with Crippen molar-refractivity contribution >= 4 is 45.9 Å². The SMILES string of the molecule is CCCCn1c(CNC(=O)COc2ccccc2)nnc1SCC(=O)Nc1sc2c(c1C(=O)OCC)CCC2. The largest absolute Gasteiger partial charge is 0.484 e. The normalized spacial score (nSPS) is 12.2. The molecule has 10 nitrogen and oxygen atoms in total. The van der Waals surface area contributed by atoms with Crippen LogP contribution in [0.4, 0.5) is 5.00 Å². The summed E-state index contributed by atoms with van der Waals surface area (Å²) in [5.41, 5.74) is 1.50. The maximum absolute atomic E-state index is 12.9. The van der Waals surface area contributed by atoms with Crippen LogP contribution in [0.3, 0.4) is 0 Å². The van der Waals surface area contributed by atoms with Gasteiger partial charge in [0, 0.05) is 11.4 Å². The van der Waals surface area contributed by atoms with E-state index in [1.165, 1.54) is 23.1 Å². The van der Waals surface area contributed by atoms with Gasteiger partial charge in [-0.25, -0.2) is 4.79 Å². The molecule has 1 aliphatic carbocycles. The van der Waals surface area contributed by atoms with Crippen molar-refractivity contribution in [3.63, 3.8) is 0 Å². The van der Waals surface area contributed by atoms with Crippen molar-refractivity contribution in [3.05, 3.63) is 52.2 Å². The molecule has 0 saturated heterocycles. The molecule has 0 radical (unpaired) electrons. The number of aromatic nitrogens is 3. The maximum Gasteiger partial charge on any atom is 0.341 e. The number of fused-ring (bicyclic) bond motifs is 1. The zero-order valence-corrected chi connectivity index (χ0v) is 23.8. The van der Waals surface area contributed by atoms with Crippen molar-refractivity contribution in [2.24, 2.45) is 0 Å². The fourth-order valence-corrected chi connectivity index (χ4v) is 6.27. The topological polar surface area (TPSA) is 124 Å². The highest BCUT2D eigenvalue weighted by Gasteiger charge is 2.28. The molecule has 2 heterocycles. The second-order valence-corrected chi connectivity index (χ2v) is 10.9. The fourth-order valence-electron chi connectivity index (χ4n) is 4.20. The van der Waals surface area contributed by atoms with Crippen molar-refractivity contribution in [1.82, 2.24) is 20.1 Å². The maximum atomic E-state index is 12.9. The van der Waals surface area contributed by atoms with E-state index in [2.05, 4.69) is 27.8 Å². The van der Waals surface area contributed by atoms with Gasteiger partial charge in [0.25, 0.3) is 5.91 Å². The van der Waals surface area contributed by atoms with Gasteiger partial charge in [-0.3, -0.25) is 9.59 Å². The molecule has 0 unspecified atom stereocenters. The Morgan fingerprint density at radius 1 is 1.10 bits per heavy atom. The van der Waals surface area contributed by atoms with Crippen LogP contribution in [0.2, 0.25) is 0 Å². The van der Waals surface area contributed by atoms with E-state index in [0.717, 1.165) is 42.5 Å². The van der Waals surface area contributed by atoms with Crippen LogP contribution in [0, 0.1) is 0 Å². The third-order valence-corrected chi connectivity index (χ3v) is 8.25. The minimum absolute atomic E-state index is 0.102. The molecule has 208 valence electrons. The zero-order valence-electron chi connectivity index (χ0n) is 22.2. The smallest absolute Gasteiger partial charge is 0.341 e. The van der Waals surface area contributed by atoms with Gasteiger partial charge >= 0.3 is 5.97 Å². The van der Waals surface area contributed by atoms with E-state index < -0.39 is 0 Å². The summed E-state index contributed by atoms with van der Waals surface area (Å²) in [5, 5.41) is 15.4. The molecule has 12 heteroatoms. The highest BCUT2D eigenvalue weighted by molar-refractivity contribution is 7.99. The van der Waals surface area contributed by atoms with Gasteiger partial charge < -0.3 is 24.7 Å². The van der Waals surface area contributed by atoms with Crippen LogP contribution in [-0.4, -0.2) is 51.5 Å². The molecule has 2 aromatic heterocycles. The molecule has 0 aliphatic heterocycles. The molecule has 1 aromatic carbocycles. The van der Waals surface area contributed by atoms with E-state index in [0.29, 0.717) is 33.8 Å². The molecule has 0 saturated carbocycles. The molecule has 2 amide bonds. The summed E-state index contributed by atoms with van der Waals surface area (Å²) in [7, 11) is 0. The van der Waals surface area contributed by atoms with Crippen LogP contribution in [-0.2, 0) is 40.3 Å². The number of unbranched alkanes of at least 4 members (excludes halogenated alkanes) is 1. The van der Waals surface area contributed by atoms with Crippen LogP contribution < -0.4 is 15.4 Å². The number of thioether (sulfide) groups is 1. The standard InChI is InChI=1S/C27H33N5O5S2/c1-3-5-14-32-21(15-28-22(33)16-37-18-10-7-6-8-11-18)30-31-27(32)38-17-23(34)29-25-24(26(35)36-4-2)19-12-9-13-20(19)39-25/h6-8,10-11H,3-5,9,12-17H2,1-2H3,(H,28,33)(H,29,34). The molecule has 4 rings (SSSR count). The molecule has 0 atom stereocenters. The molecule has 1 aliphatic rings. The van der Waals surface area contributed by atoms with Gasteiger partial charge in [-0.2, -0.15) is 0 Å². The Labute approximate surface area is 235 Å². The minimum Gasteiger partial charge on any atom is -0.484 e. The molecule has 0 fully saturated rings. The van der Waals surface area contributed by atoms with Crippen molar-refractivity contribution in [2.45, 2.75) is 64.2 Å². The number of hydrogen-bond acceptors (Lipinski definition) is 9. The molecular weight excluding hydrogens is 538 g/mol. The highest BCUT2D eigenvalue weighted by atomic mass is 32.2. The number of nitrogens with zero attached hydrogens (tertiary/aromatic N) is 3. The van der Waals surface area contributed by atoms with Crippen molar-refractivity contribution in [3.8, 4) is 5.75 Å². The van der Waals surface area contributed by atoms with E-state index >= 15 is 0 Å². The van der Waals surface area contributed by atoms with Gasteiger partial charge in [0.05, 0.1) is 24.5 Å².